The van der Waals surface area contributed by atoms with Crippen LogP contribution >= 0.6 is 11.3 Å². The second-order valence-corrected chi connectivity index (χ2v) is 10.2. The number of Topliss-reactive ketones (excluding diaryl/α,β-unsaturated/α-hetero) is 1. The predicted octanol–water partition coefficient (Wildman–Crippen LogP) is 6.60. The number of aromatic hydroxyl groups is 1. The van der Waals surface area contributed by atoms with E-state index in [-0.39, 0.29) is 17.2 Å². The molecule has 0 aliphatic heterocycles. The van der Waals surface area contributed by atoms with Gasteiger partial charge in [0.25, 0.3) is 0 Å². The summed E-state index contributed by atoms with van der Waals surface area (Å²) < 4.78 is 5.42. The van der Waals surface area contributed by atoms with Crippen molar-refractivity contribution in [1.29, 1.82) is 0 Å². The largest absolute Gasteiger partial charge is 0.507 e. The molecule has 0 spiro atoms. The second-order valence-electron chi connectivity index (χ2n) is 9.07. The number of hydrogen-bond acceptors (Lipinski definition) is 6. The number of hydrogen-bond donors (Lipinski definition) is 2. The number of carbonyl (C=O) groups is 1. The summed E-state index contributed by atoms with van der Waals surface area (Å²) in [5.74, 6) is 0.178. The lowest BCUT2D eigenvalue weighted by molar-refractivity contribution is 0.102. The van der Waals surface area contributed by atoms with E-state index in [1.807, 2.05) is 33.2 Å². The first-order valence-electron chi connectivity index (χ1n) is 11.7. The van der Waals surface area contributed by atoms with Crippen molar-refractivity contribution in [1.82, 2.24) is 5.32 Å². The van der Waals surface area contributed by atoms with E-state index in [1.165, 1.54) is 17.4 Å². The standard InChI is InChI=1S/C27H37NO4S/c1-17(2)10-9-12-21-14-19(4)24(33-21)15-20(5)26(30)25-22(29)16-23(32-27(25)31)18(3)11-7-8-13-28-6/h8,13-18,28-29H,7,9-12H2,1-6H3/b13-8+,20-15+. The van der Waals surface area contributed by atoms with Gasteiger partial charge >= 0.3 is 5.63 Å². The molecule has 0 radical (unpaired) electrons. The molecule has 0 amide bonds. The Labute approximate surface area is 201 Å². The van der Waals surface area contributed by atoms with E-state index >= 15 is 0 Å². The van der Waals surface area contributed by atoms with Crippen LogP contribution in [0.25, 0.3) is 6.08 Å². The molecule has 6 heteroatoms. The van der Waals surface area contributed by atoms with Crippen LogP contribution in [0.2, 0.25) is 0 Å². The predicted molar refractivity (Wildman–Crippen MR) is 137 cm³/mol. The Morgan fingerprint density at radius 3 is 2.61 bits per heavy atom. The van der Waals surface area contributed by atoms with E-state index < -0.39 is 11.4 Å². The minimum absolute atomic E-state index is 0.0613. The van der Waals surface area contributed by atoms with Gasteiger partial charge in [0, 0.05) is 28.8 Å². The molecule has 2 heterocycles. The molecule has 2 N–H and O–H groups in total. The molecule has 0 saturated carbocycles. The van der Waals surface area contributed by atoms with Crippen molar-refractivity contribution < 1.29 is 14.3 Å². The molecule has 0 aliphatic carbocycles. The van der Waals surface area contributed by atoms with Gasteiger partial charge in [-0.05, 0) is 74.9 Å². The summed E-state index contributed by atoms with van der Waals surface area (Å²) in [5.41, 5.74) is 0.410. The summed E-state index contributed by atoms with van der Waals surface area (Å²) in [6.07, 6.45) is 10.6. The Bertz CT molecular complexity index is 1060. The van der Waals surface area contributed by atoms with E-state index in [2.05, 4.69) is 25.2 Å². The van der Waals surface area contributed by atoms with E-state index in [0.717, 1.165) is 36.1 Å². The maximum absolute atomic E-state index is 13.0. The van der Waals surface area contributed by atoms with Crippen LogP contribution in [0.5, 0.6) is 5.75 Å². The lowest BCUT2D eigenvalue weighted by Gasteiger charge is -2.11. The van der Waals surface area contributed by atoms with Gasteiger partial charge in [0.15, 0.2) is 5.78 Å². The average molecular weight is 472 g/mol. The first-order valence-corrected chi connectivity index (χ1v) is 12.5. The lowest BCUT2D eigenvalue weighted by Crippen LogP contribution is -2.16. The van der Waals surface area contributed by atoms with E-state index in [4.69, 9.17) is 4.42 Å². The number of carbonyl (C=O) groups excluding carboxylic acids is 1. The first kappa shape index (κ1) is 26.7. The molecule has 0 aliphatic rings. The number of ketones is 1. The van der Waals surface area contributed by atoms with Gasteiger partial charge in [0.1, 0.15) is 17.1 Å². The molecule has 33 heavy (non-hydrogen) atoms. The van der Waals surface area contributed by atoms with Gasteiger partial charge in [-0.3, -0.25) is 4.79 Å². The number of nitrogens with one attached hydrogen (secondary N) is 1. The quantitative estimate of drug-likeness (QED) is 0.269. The van der Waals surface area contributed by atoms with E-state index in [1.54, 1.807) is 24.3 Å². The molecule has 0 fully saturated rings. The van der Waals surface area contributed by atoms with Gasteiger partial charge in [-0.15, -0.1) is 11.3 Å². The molecule has 1 atom stereocenters. The molecular formula is C27H37NO4S. The summed E-state index contributed by atoms with van der Waals surface area (Å²) in [6.45, 7) is 10.1. The molecule has 0 aromatic carbocycles. The van der Waals surface area contributed by atoms with Gasteiger partial charge < -0.3 is 14.8 Å². The van der Waals surface area contributed by atoms with Gasteiger partial charge in [-0.2, -0.15) is 0 Å². The zero-order chi connectivity index (χ0) is 24.5. The van der Waals surface area contributed by atoms with Crippen molar-refractivity contribution in [2.75, 3.05) is 7.05 Å². The highest BCUT2D eigenvalue weighted by Gasteiger charge is 2.22. The summed E-state index contributed by atoms with van der Waals surface area (Å²) >= 11 is 1.68. The maximum Gasteiger partial charge on any atom is 0.351 e. The van der Waals surface area contributed by atoms with Crippen LogP contribution < -0.4 is 10.9 Å². The van der Waals surface area contributed by atoms with Gasteiger partial charge in [-0.25, -0.2) is 4.79 Å². The first-order chi connectivity index (χ1) is 15.6. The van der Waals surface area contributed by atoms with Crippen LogP contribution in [0.3, 0.4) is 0 Å². The minimum Gasteiger partial charge on any atom is -0.507 e. The molecule has 0 saturated heterocycles. The minimum atomic E-state index is -0.794. The normalized spacial score (nSPS) is 13.1. The van der Waals surface area contributed by atoms with Crippen LogP contribution in [0.15, 0.2) is 39.2 Å². The Morgan fingerprint density at radius 2 is 1.97 bits per heavy atom. The van der Waals surface area contributed by atoms with Crippen molar-refractivity contribution in [3.8, 4) is 5.75 Å². The molecule has 2 rings (SSSR count). The van der Waals surface area contributed by atoms with Gasteiger partial charge in [0.2, 0.25) is 0 Å². The molecule has 180 valence electrons. The Kier molecular flexibility index (Phi) is 10.2. The fraction of sp³-hybridized carbons (Fsp3) is 0.481. The van der Waals surface area contributed by atoms with E-state index in [0.29, 0.717) is 17.3 Å². The molecular weight excluding hydrogens is 434 g/mol. The van der Waals surface area contributed by atoms with Crippen molar-refractivity contribution in [3.05, 3.63) is 67.0 Å². The van der Waals surface area contributed by atoms with Crippen molar-refractivity contribution in [2.24, 2.45) is 5.92 Å². The van der Waals surface area contributed by atoms with Crippen LogP contribution in [-0.2, 0) is 6.42 Å². The zero-order valence-corrected chi connectivity index (χ0v) is 21.5. The van der Waals surface area contributed by atoms with Crippen molar-refractivity contribution in [2.45, 2.75) is 72.6 Å². The maximum atomic E-state index is 13.0. The van der Waals surface area contributed by atoms with Crippen LogP contribution in [0.1, 0.15) is 90.7 Å². The number of allylic oxidation sites excluding steroid dienone is 2. The smallest absolute Gasteiger partial charge is 0.351 e. The van der Waals surface area contributed by atoms with Crippen LogP contribution in [0.4, 0.5) is 0 Å². The SMILES string of the molecule is CN/C=C/CCC(C)c1cc(O)c(C(=O)/C(C)=C/c2sc(CCCC(C)C)cc2C)c(=O)o1. The number of rotatable bonds is 12. The topological polar surface area (TPSA) is 79.5 Å². The van der Waals surface area contributed by atoms with Crippen molar-refractivity contribution in [3.63, 3.8) is 0 Å². The molecule has 5 nitrogen and oxygen atoms in total. The number of thiophene rings is 1. The lowest BCUT2D eigenvalue weighted by atomic mass is 9.99. The third kappa shape index (κ3) is 7.74. The molecule has 0 bridgehead atoms. The monoisotopic (exact) mass is 471 g/mol. The highest BCUT2D eigenvalue weighted by atomic mass is 32.1. The highest BCUT2D eigenvalue weighted by Crippen LogP contribution is 2.29. The number of aryl methyl sites for hydroxylation is 2. The Hall–Kier alpha value is -2.60. The third-order valence-electron chi connectivity index (χ3n) is 5.63. The van der Waals surface area contributed by atoms with Gasteiger partial charge in [-0.1, -0.05) is 33.3 Å². The Balaban J connectivity index is 2.18. The average Bonchev–Trinajstić information content (AvgIpc) is 3.08. The zero-order valence-electron chi connectivity index (χ0n) is 20.7. The highest BCUT2D eigenvalue weighted by molar-refractivity contribution is 7.13. The van der Waals surface area contributed by atoms with E-state index in [9.17, 15) is 14.7 Å². The van der Waals surface area contributed by atoms with Crippen LogP contribution in [0, 0.1) is 12.8 Å². The fourth-order valence-electron chi connectivity index (χ4n) is 3.61. The van der Waals surface area contributed by atoms with Gasteiger partial charge in [0.05, 0.1) is 0 Å². The summed E-state index contributed by atoms with van der Waals surface area (Å²) in [6, 6.07) is 3.57. The third-order valence-corrected chi connectivity index (χ3v) is 6.87. The molecule has 2 aromatic heterocycles. The Morgan fingerprint density at radius 1 is 1.24 bits per heavy atom. The molecule has 2 aromatic rings. The van der Waals surface area contributed by atoms with Crippen molar-refractivity contribution >= 4 is 23.2 Å². The second kappa shape index (κ2) is 12.6. The molecule has 1 unspecified atom stereocenters. The fourth-order valence-corrected chi connectivity index (χ4v) is 4.83. The summed E-state index contributed by atoms with van der Waals surface area (Å²) in [5, 5.41) is 13.4. The summed E-state index contributed by atoms with van der Waals surface area (Å²) in [7, 11) is 1.83. The summed E-state index contributed by atoms with van der Waals surface area (Å²) in [4.78, 5) is 27.9. The van der Waals surface area contributed by atoms with Crippen LogP contribution in [-0.4, -0.2) is 17.9 Å².